The van der Waals surface area contributed by atoms with Gasteiger partial charge in [-0.15, -0.1) is 0 Å². The van der Waals surface area contributed by atoms with Gasteiger partial charge in [-0.3, -0.25) is 9.69 Å². The van der Waals surface area contributed by atoms with E-state index >= 15 is 0 Å². The minimum Gasteiger partial charge on any atom is -0.383 e. The number of rotatable bonds is 6. The first kappa shape index (κ1) is 15.4. The first-order valence-electron chi connectivity index (χ1n) is 6.44. The van der Waals surface area contributed by atoms with Crippen molar-refractivity contribution in [3.05, 3.63) is 0 Å². The van der Waals surface area contributed by atoms with E-state index in [1.807, 2.05) is 13.8 Å². The number of nitrogens with one attached hydrogen (secondary N) is 1. The fourth-order valence-corrected chi connectivity index (χ4v) is 2.12. The minimum absolute atomic E-state index is 0.0166. The van der Waals surface area contributed by atoms with Crippen LogP contribution in [0.15, 0.2) is 0 Å². The lowest BCUT2D eigenvalue weighted by atomic mass is 10.1. The van der Waals surface area contributed by atoms with E-state index in [-0.39, 0.29) is 24.2 Å². The van der Waals surface area contributed by atoms with Crippen molar-refractivity contribution in [1.29, 1.82) is 0 Å². The van der Waals surface area contributed by atoms with Crippen LogP contribution in [0.1, 0.15) is 13.8 Å². The molecule has 18 heavy (non-hydrogen) atoms. The molecule has 6 nitrogen and oxygen atoms in total. The van der Waals surface area contributed by atoms with Gasteiger partial charge in [-0.1, -0.05) is 0 Å². The van der Waals surface area contributed by atoms with Crippen molar-refractivity contribution in [2.75, 3.05) is 39.9 Å². The maximum atomic E-state index is 11.9. The van der Waals surface area contributed by atoms with Crippen molar-refractivity contribution in [3.8, 4) is 0 Å². The molecule has 0 aromatic heterocycles. The number of nitrogens with two attached hydrogens (primary N) is 1. The average Bonchev–Trinajstić information content (AvgIpc) is 2.37. The number of amides is 1. The van der Waals surface area contributed by atoms with Gasteiger partial charge in [0.15, 0.2) is 0 Å². The smallest absolute Gasteiger partial charge is 0.237 e. The molecule has 0 aliphatic carbocycles. The summed E-state index contributed by atoms with van der Waals surface area (Å²) in [5, 5.41) is 2.85. The lowest BCUT2D eigenvalue weighted by Crippen LogP contribution is -2.56. The fraction of sp³-hybridized carbons (Fsp3) is 0.917. The molecule has 1 heterocycles. The molecule has 0 aromatic rings. The topological polar surface area (TPSA) is 76.8 Å². The third-order valence-electron chi connectivity index (χ3n) is 3.15. The van der Waals surface area contributed by atoms with Gasteiger partial charge >= 0.3 is 0 Å². The van der Waals surface area contributed by atoms with Crippen molar-refractivity contribution in [2.45, 2.75) is 32.1 Å². The summed E-state index contributed by atoms with van der Waals surface area (Å²) in [5.74, 6) is 0.0249. The zero-order valence-corrected chi connectivity index (χ0v) is 11.5. The van der Waals surface area contributed by atoms with Crippen LogP contribution in [0.3, 0.4) is 0 Å². The van der Waals surface area contributed by atoms with Gasteiger partial charge in [0.25, 0.3) is 0 Å². The van der Waals surface area contributed by atoms with Crippen molar-refractivity contribution in [3.63, 3.8) is 0 Å². The Morgan fingerprint density at radius 2 is 2.33 bits per heavy atom. The number of hydrogen-bond donors (Lipinski definition) is 2. The highest BCUT2D eigenvalue weighted by Gasteiger charge is 2.30. The van der Waals surface area contributed by atoms with Gasteiger partial charge in [0.05, 0.1) is 24.9 Å². The average molecular weight is 259 g/mol. The van der Waals surface area contributed by atoms with E-state index in [9.17, 15) is 4.79 Å². The van der Waals surface area contributed by atoms with Crippen LogP contribution in [0.25, 0.3) is 0 Å². The number of hydrogen-bond acceptors (Lipinski definition) is 5. The summed E-state index contributed by atoms with van der Waals surface area (Å²) in [4.78, 5) is 14.1. The van der Waals surface area contributed by atoms with Crippen LogP contribution in [-0.4, -0.2) is 69.0 Å². The number of nitrogens with zero attached hydrogens (tertiary/aromatic N) is 1. The van der Waals surface area contributed by atoms with Crippen LogP contribution in [0.4, 0.5) is 0 Å². The fourth-order valence-electron chi connectivity index (χ4n) is 2.12. The maximum Gasteiger partial charge on any atom is 0.237 e. The predicted molar refractivity (Wildman–Crippen MR) is 69.3 cm³/mol. The summed E-state index contributed by atoms with van der Waals surface area (Å²) in [6, 6.07) is -0.165. The van der Waals surface area contributed by atoms with Gasteiger partial charge < -0.3 is 20.5 Å². The van der Waals surface area contributed by atoms with Crippen molar-refractivity contribution in [1.82, 2.24) is 10.2 Å². The van der Waals surface area contributed by atoms with Crippen molar-refractivity contribution in [2.24, 2.45) is 5.73 Å². The highest BCUT2D eigenvalue weighted by molar-refractivity contribution is 5.81. The molecule has 0 aromatic carbocycles. The van der Waals surface area contributed by atoms with E-state index in [0.29, 0.717) is 26.2 Å². The third kappa shape index (κ3) is 4.53. The molecule has 1 aliphatic heterocycles. The standard InChI is InChI=1S/C12H25N3O3/c1-9-7-15(8-11(6-13)18-9)10(2)12(16)14-4-5-17-3/h9-11H,4-8,13H2,1-3H3,(H,14,16). The molecular formula is C12H25N3O3. The first-order valence-corrected chi connectivity index (χ1v) is 6.44. The lowest BCUT2D eigenvalue weighted by Gasteiger charge is -2.39. The molecule has 0 saturated carbocycles. The van der Waals surface area contributed by atoms with E-state index in [1.54, 1.807) is 7.11 Å². The van der Waals surface area contributed by atoms with Crippen LogP contribution in [-0.2, 0) is 14.3 Å². The van der Waals surface area contributed by atoms with Crippen LogP contribution in [0.5, 0.6) is 0 Å². The van der Waals surface area contributed by atoms with Crippen LogP contribution in [0, 0.1) is 0 Å². The SMILES string of the molecule is COCCNC(=O)C(C)N1CC(C)OC(CN)C1. The van der Waals surface area contributed by atoms with Gasteiger partial charge in [-0.05, 0) is 13.8 Å². The molecule has 106 valence electrons. The number of ether oxygens (including phenoxy) is 2. The molecule has 0 spiro atoms. The summed E-state index contributed by atoms with van der Waals surface area (Å²) < 4.78 is 10.6. The highest BCUT2D eigenvalue weighted by atomic mass is 16.5. The molecule has 3 unspecified atom stereocenters. The molecule has 1 fully saturated rings. The second kappa shape index (κ2) is 7.68. The Hall–Kier alpha value is -0.690. The molecule has 0 radical (unpaired) electrons. The third-order valence-corrected chi connectivity index (χ3v) is 3.15. The van der Waals surface area contributed by atoms with Crippen LogP contribution >= 0.6 is 0 Å². The van der Waals surface area contributed by atoms with Crippen molar-refractivity contribution < 1.29 is 14.3 Å². The lowest BCUT2D eigenvalue weighted by molar-refractivity contribution is -0.132. The van der Waals surface area contributed by atoms with Gasteiger partial charge in [0, 0.05) is 33.3 Å². The van der Waals surface area contributed by atoms with E-state index < -0.39 is 0 Å². The van der Waals surface area contributed by atoms with Gasteiger partial charge in [-0.2, -0.15) is 0 Å². The maximum absolute atomic E-state index is 11.9. The molecule has 3 atom stereocenters. The van der Waals surface area contributed by atoms with E-state index in [2.05, 4.69) is 10.2 Å². The summed E-state index contributed by atoms with van der Waals surface area (Å²) in [6.45, 7) is 6.94. The van der Waals surface area contributed by atoms with Crippen LogP contribution in [0.2, 0.25) is 0 Å². The van der Waals surface area contributed by atoms with Gasteiger partial charge in [-0.25, -0.2) is 0 Å². The van der Waals surface area contributed by atoms with Crippen molar-refractivity contribution >= 4 is 5.91 Å². The number of carbonyl (C=O) groups excluding carboxylic acids is 1. The van der Waals surface area contributed by atoms with Crippen LogP contribution < -0.4 is 11.1 Å². The quantitative estimate of drug-likeness (QED) is 0.610. The molecule has 1 saturated heterocycles. The predicted octanol–water partition coefficient (Wildman–Crippen LogP) is -0.814. The first-order chi connectivity index (χ1) is 8.58. The summed E-state index contributed by atoms with van der Waals surface area (Å²) in [7, 11) is 1.62. The Morgan fingerprint density at radius 3 is 2.94 bits per heavy atom. The Bertz CT molecular complexity index is 263. The monoisotopic (exact) mass is 259 g/mol. The molecule has 6 heteroatoms. The number of methoxy groups -OCH3 is 1. The number of morpholine rings is 1. The Morgan fingerprint density at radius 1 is 1.61 bits per heavy atom. The second-order valence-electron chi connectivity index (χ2n) is 4.72. The molecule has 3 N–H and O–H groups in total. The normalized spacial score (nSPS) is 26.9. The van der Waals surface area contributed by atoms with Gasteiger partial charge in [0.2, 0.25) is 5.91 Å². The highest BCUT2D eigenvalue weighted by Crippen LogP contribution is 2.13. The second-order valence-corrected chi connectivity index (χ2v) is 4.72. The molecule has 1 aliphatic rings. The van der Waals surface area contributed by atoms with E-state index in [4.69, 9.17) is 15.2 Å². The zero-order chi connectivity index (χ0) is 13.5. The molecule has 1 amide bonds. The number of carbonyl (C=O) groups is 1. The molecule has 0 bridgehead atoms. The van der Waals surface area contributed by atoms with E-state index in [1.165, 1.54) is 0 Å². The largest absolute Gasteiger partial charge is 0.383 e. The Balaban J connectivity index is 2.43. The summed E-state index contributed by atoms with van der Waals surface area (Å²) in [5.41, 5.74) is 5.63. The molecular weight excluding hydrogens is 234 g/mol. The van der Waals surface area contributed by atoms with E-state index in [0.717, 1.165) is 6.54 Å². The van der Waals surface area contributed by atoms with Gasteiger partial charge in [0.1, 0.15) is 0 Å². The summed E-state index contributed by atoms with van der Waals surface area (Å²) in [6.07, 6.45) is 0.129. The Kier molecular flexibility index (Phi) is 6.56. The molecule has 1 rings (SSSR count). The minimum atomic E-state index is -0.165. The summed E-state index contributed by atoms with van der Waals surface area (Å²) >= 11 is 0. The zero-order valence-electron chi connectivity index (χ0n) is 11.5. The Labute approximate surface area is 109 Å².